The van der Waals surface area contributed by atoms with Gasteiger partial charge in [0, 0.05) is 6.04 Å². The zero-order valence-electron chi connectivity index (χ0n) is 9.26. The molecule has 1 aliphatic heterocycles. The van der Waals surface area contributed by atoms with Crippen LogP contribution in [-0.2, 0) is 14.6 Å². The topological polar surface area (TPSA) is 63.7 Å². The molecule has 1 amide bonds. The third kappa shape index (κ3) is 2.84. The Labute approximate surface area is 90.3 Å². The number of sulfone groups is 1. The minimum atomic E-state index is -2.97. The summed E-state index contributed by atoms with van der Waals surface area (Å²) in [4.78, 5) is 13.0. The normalized spacial score (nSPS) is 24.1. The van der Waals surface area contributed by atoms with Crippen molar-refractivity contribution >= 4 is 15.9 Å². The lowest BCUT2D eigenvalue weighted by Gasteiger charge is -2.30. The fourth-order valence-corrected chi connectivity index (χ4v) is 3.59. The van der Waals surface area contributed by atoms with Gasteiger partial charge in [-0.15, -0.1) is 0 Å². The molecule has 1 rings (SSSR count). The molecule has 1 fully saturated rings. The number of methoxy groups -OCH3 is 1. The fourth-order valence-electron chi connectivity index (χ4n) is 1.88. The molecule has 15 heavy (non-hydrogen) atoms. The summed E-state index contributed by atoms with van der Waals surface area (Å²) < 4.78 is 27.2. The van der Waals surface area contributed by atoms with Gasteiger partial charge in [-0.1, -0.05) is 0 Å². The van der Waals surface area contributed by atoms with Crippen LogP contribution in [0.2, 0.25) is 0 Å². The number of hydrogen-bond donors (Lipinski definition) is 0. The van der Waals surface area contributed by atoms with E-state index in [4.69, 9.17) is 0 Å². The number of hydrogen-bond acceptors (Lipinski definition) is 4. The van der Waals surface area contributed by atoms with E-state index in [1.807, 2.05) is 13.8 Å². The lowest BCUT2D eigenvalue weighted by atomic mass is 10.2. The maximum absolute atomic E-state index is 11.5. The van der Waals surface area contributed by atoms with Crippen molar-refractivity contribution in [3.63, 3.8) is 0 Å². The first-order chi connectivity index (χ1) is 6.87. The largest absolute Gasteiger partial charge is 0.453 e. The second-order valence-electron chi connectivity index (χ2n) is 4.03. The van der Waals surface area contributed by atoms with Crippen LogP contribution in [0, 0.1) is 0 Å². The van der Waals surface area contributed by atoms with Crippen molar-refractivity contribution in [2.75, 3.05) is 18.6 Å². The molecule has 0 bridgehead atoms. The lowest BCUT2D eigenvalue weighted by molar-refractivity contribution is 0.0946. The highest BCUT2D eigenvalue weighted by Crippen LogP contribution is 2.20. The van der Waals surface area contributed by atoms with E-state index in [1.54, 1.807) is 0 Å². The molecule has 5 nitrogen and oxygen atoms in total. The maximum atomic E-state index is 11.5. The monoisotopic (exact) mass is 235 g/mol. The summed E-state index contributed by atoms with van der Waals surface area (Å²) in [5.41, 5.74) is 0. The van der Waals surface area contributed by atoms with E-state index in [-0.39, 0.29) is 23.6 Å². The molecule has 0 aromatic carbocycles. The molecule has 0 aromatic heterocycles. The van der Waals surface area contributed by atoms with Gasteiger partial charge in [-0.3, -0.25) is 0 Å². The molecule has 1 saturated heterocycles. The van der Waals surface area contributed by atoms with E-state index in [9.17, 15) is 13.2 Å². The average molecular weight is 235 g/mol. The summed E-state index contributed by atoms with van der Waals surface area (Å²) in [6, 6.07) is -0.279. The molecule has 1 atom stereocenters. The van der Waals surface area contributed by atoms with Crippen LogP contribution >= 0.6 is 0 Å². The zero-order valence-corrected chi connectivity index (χ0v) is 10.1. The Morgan fingerprint density at radius 1 is 1.47 bits per heavy atom. The molecule has 1 aliphatic rings. The van der Waals surface area contributed by atoms with Gasteiger partial charge in [0.1, 0.15) is 0 Å². The molecule has 1 heterocycles. The maximum Gasteiger partial charge on any atom is 0.409 e. The third-order valence-corrected chi connectivity index (χ3v) is 4.29. The molecule has 0 unspecified atom stereocenters. The Morgan fingerprint density at radius 3 is 2.40 bits per heavy atom. The highest BCUT2D eigenvalue weighted by molar-refractivity contribution is 7.91. The van der Waals surface area contributed by atoms with Crippen molar-refractivity contribution in [2.24, 2.45) is 0 Å². The van der Waals surface area contributed by atoms with Crippen molar-refractivity contribution in [1.82, 2.24) is 4.90 Å². The highest BCUT2D eigenvalue weighted by Gasteiger charge is 2.36. The summed E-state index contributed by atoms with van der Waals surface area (Å²) in [6.45, 7) is 3.70. The third-order valence-electron chi connectivity index (χ3n) is 2.54. The van der Waals surface area contributed by atoms with Gasteiger partial charge >= 0.3 is 6.09 Å². The van der Waals surface area contributed by atoms with E-state index in [0.29, 0.717) is 6.42 Å². The summed E-state index contributed by atoms with van der Waals surface area (Å²) in [5.74, 6) is 0.220. The van der Waals surface area contributed by atoms with Gasteiger partial charge in [-0.2, -0.15) is 0 Å². The van der Waals surface area contributed by atoms with Gasteiger partial charge in [0.2, 0.25) is 0 Å². The number of rotatable bonds is 2. The molecule has 0 N–H and O–H groups in total. The fraction of sp³-hybridized carbons (Fsp3) is 0.889. The van der Waals surface area contributed by atoms with E-state index in [2.05, 4.69) is 4.74 Å². The highest BCUT2D eigenvalue weighted by atomic mass is 32.2. The van der Waals surface area contributed by atoms with Gasteiger partial charge in [0.05, 0.1) is 24.7 Å². The predicted molar refractivity (Wildman–Crippen MR) is 56.4 cm³/mol. The van der Waals surface area contributed by atoms with E-state index in [1.165, 1.54) is 12.0 Å². The van der Waals surface area contributed by atoms with Gasteiger partial charge in [0.25, 0.3) is 0 Å². The van der Waals surface area contributed by atoms with Crippen LogP contribution in [0.15, 0.2) is 0 Å². The smallest absolute Gasteiger partial charge is 0.409 e. The molecule has 0 radical (unpaired) electrons. The number of carbonyl (C=O) groups is 1. The second-order valence-corrected chi connectivity index (χ2v) is 6.26. The van der Waals surface area contributed by atoms with E-state index >= 15 is 0 Å². The van der Waals surface area contributed by atoms with E-state index in [0.717, 1.165) is 0 Å². The van der Waals surface area contributed by atoms with Crippen LogP contribution in [-0.4, -0.2) is 50.1 Å². The number of ether oxygens (including phenoxy) is 1. The van der Waals surface area contributed by atoms with Crippen LogP contribution in [0.3, 0.4) is 0 Å². The van der Waals surface area contributed by atoms with Gasteiger partial charge in [-0.05, 0) is 20.3 Å². The standard InChI is InChI=1S/C9H17NO4S/c1-7(2)10(9(11)14-3)8-4-5-15(12,13)6-8/h7-8H,4-6H2,1-3H3/t8-/m0/s1. The Hall–Kier alpha value is -0.780. The average Bonchev–Trinajstić information content (AvgIpc) is 2.45. The minimum Gasteiger partial charge on any atom is -0.453 e. The first-order valence-corrected chi connectivity index (χ1v) is 6.76. The predicted octanol–water partition coefficient (Wildman–Crippen LogP) is 0.650. The van der Waals surface area contributed by atoms with Crippen LogP contribution in [0.1, 0.15) is 20.3 Å². The summed E-state index contributed by atoms with van der Waals surface area (Å²) in [5, 5.41) is 0. The first-order valence-electron chi connectivity index (χ1n) is 4.94. The number of nitrogens with zero attached hydrogens (tertiary/aromatic N) is 1. The van der Waals surface area contributed by atoms with Crippen LogP contribution < -0.4 is 0 Å². The van der Waals surface area contributed by atoms with Crippen molar-refractivity contribution in [3.8, 4) is 0 Å². The molecular formula is C9H17NO4S. The Balaban J connectivity index is 2.79. The van der Waals surface area contributed by atoms with Gasteiger partial charge in [0.15, 0.2) is 9.84 Å². The van der Waals surface area contributed by atoms with Crippen molar-refractivity contribution in [2.45, 2.75) is 32.4 Å². The molecular weight excluding hydrogens is 218 g/mol. The van der Waals surface area contributed by atoms with Crippen molar-refractivity contribution in [1.29, 1.82) is 0 Å². The first kappa shape index (κ1) is 12.3. The summed E-state index contributed by atoms with van der Waals surface area (Å²) in [7, 11) is -1.66. The van der Waals surface area contributed by atoms with E-state index < -0.39 is 15.9 Å². The van der Waals surface area contributed by atoms with Crippen molar-refractivity contribution in [3.05, 3.63) is 0 Å². The molecule has 88 valence electrons. The lowest BCUT2D eigenvalue weighted by Crippen LogP contribution is -2.45. The Morgan fingerprint density at radius 2 is 2.07 bits per heavy atom. The molecule has 0 aromatic rings. The Kier molecular flexibility index (Phi) is 3.59. The molecule has 0 saturated carbocycles. The van der Waals surface area contributed by atoms with Gasteiger partial charge in [-0.25, -0.2) is 13.2 Å². The molecule has 0 aliphatic carbocycles. The SMILES string of the molecule is COC(=O)N(C(C)C)[C@H]1CCS(=O)(=O)C1. The number of amides is 1. The second kappa shape index (κ2) is 4.38. The number of carbonyl (C=O) groups excluding carboxylic acids is 1. The summed E-state index contributed by atoms with van der Waals surface area (Å²) in [6.07, 6.45) is 0.0578. The Bertz CT molecular complexity index is 336. The zero-order chi connectivity index (χ0) is 11.6. The molecule has 6 heteroatoms. The summed E-state index contributed by atoms with van der Waals surface area (Å²) >= 11 is 0. The molecule has 0 spiro atoms. The minimum absolute atomic E-state index is 0.0456. The van der Waals surface area contributed by atoms with Gasteiger partial charge < -0.3 is 9.64 Å². The quantitative estimate of drug-likeness (QED) is 0.705. The van der Waals surface area contributed by atoms with Crippen LogP contribution in [0.25, 0.3) is 0 Å². The van der Waals surface area contributed by atoms with Crippen LogP contribution in [0.5, 0.6) is 0 Å². The van der Waals surface area contributed by atoms with Crippen molar-refractivity contribution < 1.29 is 17.9 Å². The van der Waals surface area contributed by atoms with Crippen LogP contribution in [0.4, 0.5) is 4.79 Å².